The lowest BCUT2D eigenvalue weighted by Crippen LogP contribution is -2.58. The van der Waals surface area contributed by atoms with E-state index in [1.165, 1.54) is 6.07 Å². The first-order chi connectivity index (χ1) is 9.06. The zero-order valence-electron chi connectivity index (χ0n) is 11.0. The number of likely N-dealkylation sites (N-methyl/N-ethyl adjacent to an activating group) is 1. The van der Waals surface area contributed by atoms with E-state index >= 15 is 0 Å². The number of nitrogens with one attached hydrogen (secondary N) is 1. The molecule has 0 aliphatic carbocycles. The third kappa shape index (κ3) is 2.44. The molecule has 0 atom stereocenters. The van der Waals surface area contributed by atoms with Crippen LogP contribution in [-0.4, -0.2) is 41.4 Å². The average molecular weight is 263 g/mol. The Morgan fingerprint density at radius 2 is 2.21 bits per heavy atom. The Balaban J connectivity index is 2.32. The van der Waals surface area contributed by atoms with Crippen LogP contribution in [0.3, 0.4) is 0 Å². The molecule has 1 aliphatic heterocycles. The molecule has 0 spiro atoms. The quantitative estimate of drug-likeness (QED) is 0.657. The molecule has 1 fully saturated rings. The smallest absolute Gasteiger partial charge is 0.273 e. The second-order valence-corrected chi connectivity index (χ2v) is 4.61. The number of nitro benzene ring substituents is 1. The van der Waals surface area contributed by atoms with Crippen LogP contribution in [0.4, 0.5) is 5.69 Å². The lowest BCUT2D eigenvalue weighted by Gasteiger charge is -2.37. The number of rotatable bonds is 4. The SMILES string of the molecule is CCN(C(=O)c1cccc([N+](=O)[O-])c1C)C1CNC1. The molecule has 1 aliphatic rings. The van der Waals surface area contributed by atoms with Crippen LogP contribution in [0.5, 0.6) is 0 Å². The van der Waals surface area contributed by atoms with Crippen molar-refractivity contribution in [2.75, 3.05) is 19.6 Å². The summed E-state index contributed by atoms with van der Waals surface area (Å²) in [6.07, 6.45) is 0. The monoisotopic (exact) mass is 263 g/mol. The number of hydrogen-bond acceptors (Lipinski definition) is 4. The summed E-state index contributed by atoms with van der Waals surface area (Å²) in [6.45, 7) is 5.72. The lowest BCUT2D eigenvalue weighted by atomic mass is 10.0. The van der Waals surface area contributed by atoms with Gasteiger partial charge >= 0.3 is 0 Å². The van der Waals surface area contributed by atoms with E-state index in [0.29, 0.717) is 17.7 Å². The predicted molar refractivity (Wildman–Crippen MR) is 71.2 cm³/mol. The van der Waals surface area contributed by atoms with E-state index in [1.807, 2.05) is 6.92 Å². The third-order valence-electron chi connectivity index (χ3n) is 3.53. The number of hydrogen-bond donors (Lipinski definition) is 1. The standard InChI is InChI=1S/C13H17N3O3/c1-3-15(10-7-14-8-10)13(17)11-5-4-6-12(9(11)2)16(18)19/h4-6,10,14H,3,7-8H2,1-2H3. The maximum absolute atomic E-state index is 12.5. The van der Waals surface area contributed by atoms with E-state index in [9.17, 15) is 14.9 Å². The summed E-state index contributed by atoms with van der Waals surface area (Å²) in [5, 5.41) is 14.0. The van der Waals surface area contributed by atoms with Gasteiger partial charge < -0.3 is 10.2 Å². The molecule has 0 unspecified atom stereocenters. The summed E-state index contributed by atoms with van der Waals surface area (Å²) in [6, 6.07) is 4.83. The van der Waals surface area contributed by atoms with Crippen LogP contribution in [0.2, 0.25) is 0 Å². The molecule has 1 aromatic carbocycles. The van der Waals surface area contributed by atoms with E-state index in [0.717, 1.165) is 13.1 Å². The van der Waals surface area contributed by atoms with Gasteiger partial charge in [-0.2, -0.15) is 0 Å². The third-order valence-corrected chi connectivity index (χ3v) is 3.53. The Morgan fingerprint density at radius 1 is 1.53 bits per heavy atom. The van der Waals surface area contributed by atoms with Crippen LogP contribution < -0.4 is 5.32 Å². The van der Waals surface area contributed by atoms with Crippen molar-refractivity contribution in [3.05, 3.63) is 39.4 Å². The molecule has 0 saturated carbocycles. The van der Waals surface area contributed by atoms with Crippen molar-refractivity contribution in [3.8, 4) is 0 Å². The molecule has 1 amide bonds. The molecule has 19 heavy (non-hydrogen) atoms. The Kier molecular flexibility index (Phi) is 3.80. The highest BCUT2D eigenvalue weighted by atomic mass is 16.6. The van der Waals surface area contributed by atoms with Gasteiger partial charge in [0.15, 0.2) is 0 Å². The van der Waals surface area contributed by atoms with Gasteiger partial charge in [-0.15, -0.1) is 0 Å². The van der Waals surface area contributed by atoms with Gasteiger partial charge in [0.25, 0.3) is 11.6 Å². The van der Waals surface area contributed by atoms with Gasteiger partial charge in [-0.25, -0.2) is 0 Å². The maximum Gasteiger partial charge on any atom is 0.273 e. The largest absolute Gasteiger partial charge is 0.333 e. The summed E-state index contributed by atoms with van der Waals surface area (Å²) in [7, 11) is 0. The molecule has 0 bridgehead atoms. The topological polar surface area (TPSA) is 75.5 Å². The van der Waals surface area contributed by atoms with Crippen molar-refractivity contribution in [1.82, 2.24) is 10.2 Å². The van der Waals surface area contributed by atoms with E-state index in [1.54, 1.807) is 24.0 Å². The number of amides is 1. The van der Waals surface area contributed by atoms with Crippen molar-refractivity contribution >= 4 is 11.6 Å². The molecule has 1 heterocycles. The van der Waals surface area contributed by atoms with Crippen LogP contribution >= 0.6 is 0 Å². The summed E-state index contributed by atoms with van der Waals surface area (Å²) in [4.78, 5) is 24.7. The molecule has 0 radical (unpaired) electrons. The van der Waals surface area contributed by atoms with E-state index < -0.39 is 4.92 Å². The predicted octanol–water partition coefficient (Wildman–Crippen LogP) is 1.34. The zero-order chi connectivity index (χ0) is 14.0. The van der Waals surface area contributed by atoms with Gasteiger partial charge in [0.1, 0.15) is 0 Å². The number of nitrogens with zero attached hydrogens (tertiary/aromatic N) is 2. The minimum absolute atomic E-state index is 0.00589. The van der Waals surface area contributed by atoms with Crippen molar-refractivity contribution in [3.63, 3.8) is 0 Å². The summed E-state index contributed by atoms with van der Waals surface area (Å²) in [5.74, 6) is -0.129. The van der Waals surface area contributed by atoms with Gasteiger partial charge in [0.05, 0.1) is 11.0 Å². The molecule has 6 nitrogen and oxygen atoms in total. The highest BCUT2D eigenvalue weighted by Crippen LogP contribution is 2.23. The molecule has 1 saturated heterocycles. The number of benzene rings is 1. The van der Waals surface area contributed by atoms with E-state index in [4.69, 9.17) is 0 Å². The van der Waals surface area contributed by atoms with Crippen LogP contribution in [0.25, 0.3) is 0 Å². The Bertz CT molecular complexity index is 512. The molecule has 1 aromatic rings. The first-order valence-corrected chi connectivity index (χ1v) is 6.32. The van der Waals surface area contributed by atoms with E-state index in [-0.39, 0.29) is 17.6 Å². The highest BCUT2D eigenvalue weighted by molar-refractivity contribution is 5.96. The molecule has 102 valence electrons. The molecular weight excluding hydrogens is 246 g/mol. The number of nitro groups is 1. The van der Waals surface area contributed by atoms with Crippen molar-refractivity contribution in [2.45, 2.75) is 19.9 Å². The molecule has 0 aromatic heterocycles. The van der Waals surface area contributed by atoms with Crippen molar-refractivity contribution < 1.29 is 9.72 Å². The second-order valence-electron chi connectivity index (χ2n) is 4.61. The van der Waals surface area contributed by atoms with Gasteiger partial charge in [-0.05, 0) is 19.9 Å². The summed E-state index contributed by atoms with van der Waals surface area (Å²) < 4.78 is 0. The van der Waals surface area contributed by atoms with Gasteiger partial charge in [0, 0.05) is 36.8 Å². The van der Waals surface area contributed by atoms with Crippen LogP contribution in [0.1, 0.15) is 22.8 Å². The van der Waals surface area contributed by atoms with Crippen molar-refractivity contribution in [1.29, 1.82) is 0 Å². The fraction of sp³-hybridized carbons (Fsp3) is 0.462. The maximum atomic E-state index is 12.5. The highest BCUT2D eigenvalue weighted by Gasteiger charge is 2.29. The van der Waals surface area contributed by atoms with Gasteiger partial charge in [-0.1, -0.05) is 6.07 Å². The fourth-order valence-electron chi connectivity index (χ4n) is 2.27. The number of carbonyl (C=O) groups excluding carboxylic acids is 1. The van der Waals surface area contributed by atoms with Crippen LogP contribution in [-0.2, 0) is 0 Å². The Hall–Kier alpha value is -1.95. The van der Waals surface area contributed by atoms with Gasteiger partial charge in [0.2, 0.25) is 0 Å². The molecular formula is C13H17N3O3. The Morgan fingerprint density at radius 3 is 2.68 bits per heavy atom. The average Bonchev–Trinajstić information content (AvgIpc) is 2.32. The van der Waals surface area contributed by atoms with Gasteiger partial charge in [-0.3, -0.25) is 14.9 Å². The first-order valence-electron chi connectivity index (χ1n) is 6.32. The lowest BCUT2D eigenvalue weighted by molar-refractivity contribution is -0.385. The summed E-state index contributed by atoms with van der Waals surface area (Å²) >= 11 is 0. The minimum atomic E-state index is -0.451. The summed E-state index contributed by atoms with van der Waals surface area (Å²) in [5.41, 5.74) is 0.847. The molecule has 1 N–H and O–H groups in total. The normalized spacial score (nSPS) is 14.8. The number of carbonyl (C=O) groups is 1. The van der Waals surface area contributed by atoms with E-state index in [2.05, 4.69) is 5.32 Å². The van der Waals surface area contributed by atoms with Crippen LogP contribution in [0.15, 0.2) is 18.2 Å². The second kappa shape index (κ2) is 5.36. The minimum Gasteiger partial charge on any atom is -0.333 e. The molecule has 6 heteroatoms. The first kappa shape index (κ1) is 13.5. The molecule has 2 rings (SSSR count). The Labute approximate surface area is 111 Å². The van der Waals surface area contributed by atoms with Crippen LogP contribution in [0, 0.1) is 17.0 Å². The van der Waals surface area contributed by atoms with Crippen molar-refractivity contribution in [2.24, 2.45) is 0 Å². The fourth-order valence-corrected chi connectivity index (χ4v) is 2.27. The zero-order valence-corrected chi connectivity index (χ0v) is 11.0.